The van der Waals surface area contributed by atoms with Crippen LogP contribution in [0, 0.1) is 13.8 Å². The number of hydrogen-bond donors (Lipinski definition) is 0. The summed E-state index contributed by atoms with van der Waals surface area (Å²) in [6, 6.07) is 23.5. The van der Waals surface area contributed by atoms with E-state index in [1.165, 1.54) is 35.7 Å². The van der Waals surface area contributed by atoms with E-state index in [1.807, 2.05) is 18.2 Å². The first-order chi connectivity index (χ1) is 15.6. The van der Waals surface area contributed by atoms with Crippen LogP contribution in [-0.2, 0) is 0 Å². The lowest BCUT2D eigenvalue weighted by Gasteiger charge is -2.24. The summed E-state index contributed by atoms with van der Waals surface area (Å²) in [4.78, 5) is 13.2. The van der Waals surface area contributed by atoms with Gasteiger partial charge in [-0.15, -0.1) is 10.2 Å². The van der Waals surface area contributed by atoms with E-state index >= 15 is 0 Å². The molecule has 1 saturated carbocycles. The maximum atomic E-state index is 13.2. The van der Waals surface area contributed by atoms with E-state index in [1.54, 1.807) is 6.33 Å². The van der Waals surface area contributed by atoms with Crippen molar-refractivity contribution >= 4 is 17.5 Å². The molecule has 0 unspecified atom stereocenters. The van der Waals surface area contributed by atoms with Crippen molar-refractivity contribution in [1.29, 1.82) is 0 Å². The molecule has 0 aliphatic heterocycles. The Bertz CT molecular complexity index is 1190. The van der Waals surface area contributed by atoms with Crippen LogP contribution in [0.5, 0.6) is 0 Å². The normalized spacial score (nSPS) is 13.6. The van der Waals surface area contributed by atoms with Gasteiger partial charge in [-0.3, -0.25) is 4.79 Å². The van der Waals surface area contributed by atoms with Crippen molar-refractivity contribution in [3.63, 3.8) is 0 Å². The first kappa shape index (κ1) is 20.8. The third-order valence-corrected chi connectivity index (χ3v) is 7.04. The maximum Gasteiger partial charge on any atom is 0.191 e. The highest BCUT2D eigenvalue weighted by molar-refractivity contribution is 7.99. The van der Waals surface area contributed by atoms with E-state index in [2.05, 4.69) is 81.7 Å². The van der Waals surface area contributed by atoms with Gasteiger partial charge in [-0.05, 0) is 43.9 Å². The molecular weight excluding hydrogens is 416 g/mol. The fraction of sp³-hybridized carbons (Fsp3) is 0.269. The average molecular weight is 443 g/mol. The van der Waals surface area contributed by atoms with Gasteiger partial charge in [0.2, 0.25) is 0 Å². The number of Topliss-reactive ketones (excluding diaryl/α,β-unsaturated/α-hetero) is 1. The third-order valence-electron chi connectivity index (χ3n) is 6.09. The average Bonchev–Trinajstić information content (AvgIpc) is 3.49. The number of nitrogens with zero attached hydrogens (tertiary/aromatic N) is 4. The van der Waals surface area contributed by atoms with Gasteiger partial charge in [-0.25, -0.2) is 0 Å². The van der Waals surface area contributed by atoms with Gasteiger partial charge in [0.25, 0.3) is 0 Å². The van der Waals surface area contributed by atoms with Crippen LogP contribution in [0.15, 0.2) is 78.2 Å². The zero-order valence-corrected chi connectivity index (χ0v) is 19.1. The standard InChI is InChI=1S/C26H26N4OS/c1-18-15-23(24(31)16-32-26-28-27-17-29(26)22-13-14-22)19(2)30(18)25(20-9-5-3-6-10-20)21-11-7-4-8-12-21/h3-12,15,17,22,25H,13-14,16H2,1-2H3. The summed E-state index contributed by atoms with van der Waals surface area (Å²) in [5.41, 5.74) is 5.26. The van der Waals surface area contributed by atoms with Gasteiger partial charge in [0.15, 0.2) is 10.9 Å². The highest BCUT2D eigenvalue weighted by atomic mass is 32.2. The molecule has 0 N–H and O–H groups in total. The quantitative estimate of drug-likeness (QED) is 0.262. The lowest BCUT2D eigenvalue weighted by atomic mass is 9.98. The minimum atomic E-state index is 0.0181. The van der Waals surface area contributed by atoms with Gasteiger partial charge in [-0.1, -0.05) is 72.4 Å². The van der Waals surface area contributed by atoms with Gasteiger partial charge in [-0.2, -0.15) is 0 Å². The van der Waals surface area contributed by atoms with Gasteiger partial charge < -0.3 is 9.13 Å². The summed E-state index contributed by atoms with van der Waals surface area (Å²) >= 11 is 1.48. The molecule has 0 radical (unpaired) electrons. The summed E-state index contributed by atoms with van der Waals surface area (Å²) in [7, 11) is 0. The first-order valence-electron chi connectivity index (χ1n) is 11.0. The first-order valence-corrected chi connectivity index (χ1v) is 12.0. The molecule has 162 valence electrons. The van der Waals surface area contributed by atoms with Gasteiger partial charge in [0.05, 0.1) is 11.8 Å². The van der Waals surface area contributed by atoms with Crippen molar-refractivity contribution in [3.8, 4) is 0 Å². The molecule has 0 spiro atoms. The molecule has 6 heteroatoms. The maximum absolute atomic E-state index is 13.2. The number of carbonyl (C=O) groups excluding carboxylic acids is 1. The molecule has 5 nitrogen and oxygen atoms in total. The number of rotatable bonds is 8. The molecule has 0 bridgehead atoms. The number of aromatic nitrogens is 4. The molecular formula is C26H26N4OS. The van der Waals surface area contributed by atoms with Crippen LogP contribution in [-0.4, -0.2) is 30.9 Å². The Balaban J connectivity index is 1.45. The van der Waals surface area contributed by atoms with Crippen LogP contribution in [0.25, 0.3) is 0 Å². The molecule has 2 aromatic carbocycles. The molecule has 0 atom stereocenters. The Kier molecular flexibility index (Phi) is 5.70. The zero-order chi connectivity index (χ0) is 22.1. The molecule has 5 rings (SSSR count). The minimum Gasteiger partial charge on any atom is -0.337 e. The van der Waals surface area contributed by atoms with Crippen LogP contribution in [0.4, 0.5) is 0 Å². The second-order valence-corrected chi connectivity index (χ2v) is 9.29. The molecule has 0 saturated heterocycles. The van der Waals surface area contributed by atoms with Crippen LogP contribution < -0.4 is 0 Å². The Labute approximate surface area is 192 Å². The molecule has 1 aliphatic carbocycles. The predicted octanol–water partition coefficient (Wildman–Crippen LogP) is 5.64. The number of ketones is 1. The smallest absolute Gasteiger partial charge is 0.191 e. The van der Waals surface area contributed by atoms with Gasteiger partial charge >= 0.3 is 0 Å². The number of hydrogen-bond acceptors (Lipinski definition) is 4. The summed E-state index contributed by atoms with van der Waals surface area (Å²) < 4.78 is 4.39. The van der Waals surface area contributed by atoms with E-state index in [0.717, 1.165) is 22.1 Å². The fourth-order valence-corrected chi connectivity index (χ4v) is 5.23. The Morgan fingerprint density at radius 1 is 1.03 bits per heavy atom. The molecule has 2 heterocycles. The van der Waals surface area contributed by atoms with Crippen molar-refractivity contribution < 1.29 is 4.79 Å². The van der Waals surface area contributed by atoms with E-state index in [0.29, 0.717) is 11.8 Å². The van der Waals surface area contributed by atoms with E-state index in [-0.39, 0.29) is 11.8 Å². The van der Waals surface area contributed by atoms with Crippen molar-refractivity contribution in [1.82, 2.24) is 19.3 Å². The largest absolute Gasteiger partial charge is 0.337 e. The highest BCUT2D eigenvalue weighted by Crippen LogP contribution is 2.37. The third kappa shape index (κ3) is 4.02. The molecule has 1 aliphatic rings. The number of thioether (sulfide) groups is 1. The topological polar surface area (TPSA) is 52.7 Å². The van der Waals surface area contributed by atoms with Crippen LogP contribution in [0.1, 0.15) is 57.8 Å². The Morgan fingerprint density at radius 3 is 2.25 bits per heavy atom. The van der Waals surface area contributed by atoms with Crippen molar-refractivity contribution in [3.05, 3.63) is 101 Å². The second-order valence-electron chi connectivity index (χ2n) is 8.34. The van der Waals surface area contributed by atoms with Crippen LogP contribution >= 0.6 is 11.8 Å². The SMILES string of the molecule is Cc1cc(C(=O)CSc2nncn2C2CC2)c(C)n1C(c1ccccc1)c1ccccc1. The van der Waals surface area contributed by atoms with Crippen LogP contribution in [0.2, 0.25) is 0 Å². The van der Waals surface area contributed by atoms with Gasteiger partial charge in [0, 0.05) is 23.0 Å². The van der Waals surface area contributed by atoms with E-state index in [4.69, 9.17) is 0 Å². The van der Waals surface area contributed by atoms with Gasteiger partial charge in [0.1, 0.15) is 6.33 Å². The molecule has 0 amide bonds. The number of carbonyl (C=O) groups is 1. The fourth-order valence-electron chi connectivity index (χ4n) is 4.36. The summed E-state index contributed by atoms with van der Waals surface area (Å²) in [5.74, 6) is 0.483. The lowest BCUT2D eigenvalue weighted by Crippen LogP contribution is -2.16. The summed E-state index contributed by atoms with van der Waals surface area (Å²) in [6.07, 6.45) is 4.11. The monoisotopic (exact) mass is 442 g/mol. The summed E-state index contributed by atoms with van der Waals surface area (Å²) in [5, 5.41) is 9.09. The van der Waals surface area contributed by atoms with Crippen LogP contribution in [0.3, 0.4) is 0 Å². The number of benzene rings is 2. The summed E-state index contributed by atoms with van der Waals surface area (Å²) in [6.45, 7) is 4.13. The lowest BCUT2D eigenvalue weighted by molar-refractivity contribution is 0.102. The van der Waals surface area contributed by atoms with E-state index < -0.39 is 0 Å². The molecule has 4 aromatic rings. The molecule has 2 aromatic heterocycles. The Hall–Kier alpha value is -3.12. The van der Waals surface area contributed by atoms with Crippen molar-refractivity contribution in [2.75, 3.05) is 5.75 Å². The second kappa shape index (κ2) is 8.79. The Morgan fingerprint density at radius 2 is 1.66 bits per heavy atom. The van der Waals surface area contributed by atoms with Crippen molar-refractivity contribution in [2.24, 2.45) is 0 Å². The van der Waals surface area contributed by atoms with E-state index in [9.17, 15) is 4.79 Å². The minimum absolute atomic E-state index is 0.0181. The zero-order valence-electron chi connectivity index (χ0n) is 18.3. The predicted molar refractivity (Wildman–Crippen MR) is 127 cm³/mol. The number of aryl methyl sites for hydroxylation is 1. The highest BCUT2D eigenvalue weighted by Gasteiger charge is 2.27. The molecule has 32 heavy (non-hydrogen) atoms. The van der Waals surface area contributed by atoms with Crippen molar-refractivity contribution in [2.45, 2.75) is 43.9 Å². The molecule has 1 fully saturated rings.